The molecule has 7 nitrogen and oxygen atoms in total. The van der Waals surface area contributed by atoms with Gasteiger partial charge >= 0.3 is 5.69 Å². The van der Waals surface area contributed by atoms with Gasteiger partial charge in [0, 0.05) is 68.0 Å². The van der Waals surface area contributed by atoms with Crippen molar-refractivity contribution in [2.75, 3.05) is 31.1 Å². The van der Waals surface area contributed by atoms with E-state index in [-0.39, 0.29) is 33.7 Å². The molecule has 222 valence electrons. The van der Waals surface area contributed by atoms with E-state index in [0.29, 0.717) is 28.1 Å². The van der Waals surface area contributed by atoms with Crippen molar-refractivity contribution in [2.45, 2.75) is 46.3 Å². The Bertz CT molecular complexity index is 1660. The van der Waals surface area contributed by atoms with Crippen molar-refractivity contribution in [1.29, 1.82) is 0 Å². The summed E-state index contributed by atoms with van der Waals surface area (Å²) in [6.07, 6.45) is 3.03. The number of piperazine rings is 1. The van der Waals surface area contributed by atoms with Crippen molar-refractivity contribution in [1.82, 2.24) is 14.0 Å². The summed E-state index contributed by atoms with van der Waals surface area (Å²) >= 11 is 6.74. The van der Waals surface area contributed by atoms with Crippen LogP contribution in [0.3, 0.4) is 0 Å². The van der Waals surface area contributed by atoms with Crippen LogP contribution in [-0.4, -0.2) is 57.0 Å². The maximum absolute atomic E-state index is 15.2. The molecule has 5 rings (SSSR count). The molecule has 0 radical (unpaired) electrons. The lowest BCUT2D eigenvalue weighted by Gasteiger charge is -2.43. The van der Waals surface area contributed by atoms with Gasteiger partial charge in [0.25, 0.3) is 0 Å². The first-order valence-electron chi connectivity index (χ1n) is 14.2. The molecule has 2 heterocycles. The number of aryl methyl sites for hydroxylation is 1. The average molecular weight is 593 g/mol. The van der Waals surface area contributed by atoms with Gasteiger partial charge < -0.3 is 19.3 Å². The van der Waals surface area contributed by atoms with Crippen molar-refractivity contribution in [2.24, 2.45) is 7.05 Å². The first kappa shape index (κ1) is 29.7. The topological polar surface area (TPSA) is 62.9 Å². The van der Waals surface area contributed by atoms with Crippen LogP contribution in [-0.2, 0) is 7.05 Å². The zero-order chi connectivity index (χ0) is 30.3. The summed E-state index contributed by atoms with van der Waals surface area (Å²) in [4.78, 5) is 17.5. The average Bonchev–Trinajstić information content (AvgIpc) is 3.26. The molecule has 1 saturated heterocycles. The molecular weight excluding hydrogens is 555 g/mol. The quantitative estimate of drug-likeness (QED) is 0.269. The molecule has 0 unspecified atom stereocenters. The van der Waals surface area contributed by atoms with Crippen LogP contribution in [0.25, 0.3) is 27.9 Å². The van der Waals surface area contributed by atoms with Crippen molar-refractivity contribution < 1.29 is 14.2 Å². The van der Waals surface area contributed by atoms with E-state index in [1.54, 1.807) is 31.6 Å². The molecule has 0 bridgehead atoms. The van der Waals surface area contributed by atoms with E-state index in [0.717, 1.165) is 31.9 Å². The van der Waals surface area contributed by atoms with E-state index in [1.165, 1.54) is 21.3 Å². The highest BCUT2D eigenvalue weighted by Crippen LogP contribution is 2.43. The Kier molecular flexibility index (Phi) is 8.14. The second-order valence-corrected chi connectivity index (χ2v) is 12.5. The standard InChI is InChI=1S/C33H38ClFN4O3/c1-21(2)42-29-18-23(17-28(34)30(29)39-15-10-36(6)32(39)41)27-20-24(35)19-26(31(27)40)22-8-7-9-25(16-22)37-11-13-38(14-12-37)33(3,4)5/h7-10,15-21,40H,11-14H2,1-6H3. The number of aromatic nitrogens is 2. The number of rotatable bonds is 6. The van der Waals surface area contributed by atoms with Gasteiger partial charge in [0.1, 0.15) is 23.0 Å². The predicted molar refractivity (Wildman–Crippen MR) is 168 cm³/mol. The summed E-state index contributed by atoms with van der Waals surface area (Å²) in [6.45, 7) is 14.1. The molecule has 1 aliphatic heterocycles. The van der Waals surface area contributed by atoms with Gasteiger partial charge in [-0.1, -0.05) is 23.7 Å². The third-order valence-corrected chi connectivity index (χ3v) is 8.00. The Labute approximate surface area is 251 Å². The molecule has 42 heavy (non-hydrogen) atoms. The first-order chi connectivity index (χ1) is 19.8. The fraction of sp³-hybridized carbons (Fsp3) is 0.364. The van der Waals surface area contributed by atoms with Crippen molar-refractivity contribution in [3.63, 3.8) is 0 Å². The summed E-state index contributed by atoms with van der Waals surface area (Å²) in [5, 5.41) is 11.7. The van der Waals surface area contributed by atoms with Crippen molar-refractivity contribution in [3.8, 4) is 39.4 Å². The highest BCUT2D eigenvalue weighted by molar-refractivity contribution is 6.33. The smallest absolute Gasteiger partial charge is 0.332 e. The molecule has 1 aromatic heterocycles. The number of phenols is 1. The normalized spacial score (nSPS) is 14.5. The Morgan fingerprint density at radius 1 is 0.952 bits per heavy atom. The number of hydrogen-bond acceptors (Lipinski definition) is 5. The molecule has 0 atom stereocenters. The molecule has 9 heteroatoms. The van der Waals surface area contributed by atoms with Crippen molar-refractivity contribution in [3.05, 3.63) is 82.2 Å². The molecule has 0 saturated carbocycles. The van der Waals surface area contributed by atoms with Crippen LogP contribution in [0.1, 0.15) is 34.6 Å². The zero-order valence-electron chi connectivity index (χ0n) is 25.0. The van der Waals surface area contributed by atoms with Crippen LogP contribution < -0.4 is 15.3 Å². The van der Waals surface area contributed by atoms with Gasteiger partial charge in [0.05, 0.1) is 11.1 Å². The van der Waals surface area contributed by atoms with Crippen LogP contribution in [0.5, 0.6) is 11.5 Å². The van der Waals surface area contributed by atoms with Gasteiger partial charge in [-0.25, -0.2) is 9.18 Å². The number of aromatic hydroxyl groups is 1. The van der Waals surface area contributed by atoms with E-state index in [1.807, 2.05) is 38.1 Å². The van der Waals surface area contributed by atoms with Crippen LogP contribution in [0.2, 0.25) is 5.02 Å². The molecule has 1 N–H and O–H groups in total. The predicted octanol–water partition coefficient (Wildman–Crippen LogP) is 6.72. The van der Waals surface area contributed by atoms with E-state index in [2.05, 4.69) is 30.6 Å². The first-order valence-corrected chi connectivity index (χ1v) is 14.6. The zero-order valence-corrected chi connectivity index (χ0v) is 25.7. The number of halogens is 2. The van der Waals surface area contributed by atoms with E-state index in [4.69, 9.17) is 16.3 Å². The summed E-state index contributed by atoms with van der Waals surface area (Å²) < 4.78 is 24.1. The number of phenolic OH excluding ortho intramolecular Hbond substituents is 1. The van der Waals surface area contributed by atoms with E-state index >= 15 is 4.39 Å². The second-order valence-electron chi connectivity index (χ2n) is 12.1. The molecule has 3 aromatic carbocycles. The number of imidazole rings is 1. The maximum atomic E-state index is 15.2. The van der Waals surface area contributed by atoms with Crippen LogP contribution >= 0.6 is 11.6 Å². The highest BCUT2D eigenvalue weighted by Gasteiger charge is 2.26. The minimum Gasteiger partial charge on any atom is -0.507 e. The highest BCUT2D eigenvalue weighted by atomic mass is 35.5. The Hall–Kier alpha value is -3.75. The number of anilines is 1. The SMILES string of the molecule is CC(C)Oc1cc(-c2cc(F)cc(-c3cccc(N4CCN(C(C)(C)C)CC4)c3)c2O)cc(Cl)c1-n1ccn(C)c1=O. The fourth-order valence-electron chi connectivity index (χ4n) is 5.49. The summed E-state index contributed by atoms with van der Waals surface area (Å²) in [6, 6.07) is 13.8. The number of ether oxygens (including phenoxy) is 1. The lowest BCUT2D eigenvalue weighted by molar-refractivity contribution is 0.128. The number of benzene rings is 3. The minimum absolute atomic E-state index is 0.0673. The summed E-state index contributed by atoms with van der Waals surface area (Å²) in [5.41, 5.74) is 3.08. The number of hydrogen-bond donors (Lipinski definition) is 1. The van der Waals surface area contributed by atoms with Gasteiger partial charge in [-0.15, -0.1) is 0 Å². The molecule has 0 aliphatic carbocycles. The second kappa shape index (κ2) is 11.5. The molecule has 1 fully saturated rings. The lowest BCUT2D eigenvalue weighted by Crippen LogP contribution is -2.53. The van der Waals surface area contributed by atoms with Crippen LogP contribution in [0.4, 0.5) is 10.1 Å². The van der Waals surface area contributed by atoms with Crippen LogP contribution in [0.15, 0.2) is 65.7 Å². The molecule has 1 aliphatic rings. The number of nitrogens with zero attached hydrogens (tertiary/aromatic N) is 4. The monoisotopic (exact) mass is 592 g/mol. The largest absolute Gasteiger partial charge is 0.507 e. The summed E-state index contributed by atoms with van der Waals surface area (Å²) in [7, 11) is 1.65. The molecule has 0 spiro atoms. The lowest BCUT2D eigenvalue weighted by atomic mass is 9.96. The third kappa shape index (κ3) is 5.92. The minimum atomic E-state index is -0.493. The third-order valence-electron chi connectivity index (χ3n) is 7.72. The van der Waals surface area contributed by atoms with Gasteiger partial charge in [-0.3, -0.25) is 9.47 Å². The van der Waals surface area contributed by atoms with Gasteiger partial charge in [-0.2, -0.15) is 0 Å². The van der Waals surface area contributed by atoms with Gasteiger partial charge in [0.2, 0.25) is 0 Å². The maximum Gasteiger partial charge on any atom is 0.332 e. The molecule has 4 aromatic rings. The van der Waals surface area contributed by atoms with E-state index in [9.17, 15) is 9.90 Å². The van der Waals surface area contributed by atoms with Crippen LogP contribution in [0, 0.1) is 5.82 Å². The Morgan fingerprint density at radius 3 is 2.21 bits per heavy atom. The van der Waals surface area contributed by atoms with Gasteiger partial charge in [-0.05, 0) is 82.1 Å². The Morgan fingerprint density at radius 2 is 1.62 bits per heavy atom. The Balaban J connectivity index is 1.54. The molecular formula is C33H38ClFN4O3. The van der Waals surface area contributed by atoms with Gasteiger partial charge in [0.15, 0.2) is 0 Å². The summed E-state index contributed by atoms with van der Waals surface area (Å²) in [5.74, 6) is -0.211. The fourth-order valence-corrected chi connectivity index (χ4v) is 5.79. The van der Waals surface area contributed by atoms with E-state index < -0.39 is 5.82 Å². The van der Waals surface area contributed by atoms with Crippen molar-refractivity contribution >= 4 is 17.3 Å². The molecule has 0 amide bonds.